The first kappa shape index (κ1) is 15.5. The summed E-state index contributed by atoms with van der Waals surface area (Å²) >= 11 is 3.34. The molecule has 0 bridgehead atoms. The zero-order valence-corrected chi connectivity index (χ0v) is 12.3. The highest BCUT2D eigenvalue weighted by Gasteiger charge is 2.14. The minimum absolute atomic E-state index is 0.100. The Kier molecular flexibility index (Phi) is 6.38. The van der Waals surface area contributed by atoms with Crippen molar-refractivity contribution < 1.29 is 14.6 Å². The Morgan fingerprint density at radius 2 is 2.37 bits per heavy atom. The quantitative estimate of drug-likeness (QED) is 0.788. The molecule has 1 rings (SSSR count). The number of benzene rings is 1. The topological polar surface area (TPSA) is 61.8 Å². The maximum absolute atomic E-state index is 12.1. The first-order valence-electron chi connectivity index (χ1n) is 5.73. The number of amides is 2. The van der Waals surface area contributed by atoms with Gasteiger partial charge >= 0.3 is 6.03 Å². The van der Waals surface area contributed by atoms with E-state index in [1.54, 1.807) is 18.2 Å². The van der Waals surface area contributed by atoms with Gasteiger partial charge < -0.3 is 20.1 Å². The highest BCUT2D eigenvalue weighted by Crippen LogP contribution is 2.28. The Hall–Kier alpha value is -1.53. The molecule has 0 saturated carbocycles. The average Bonchev–Trinajstić information content (AvgIpc) is 2.38. The maximum Gasteiger partial charge on any atom is 0.322 e. The Bertz CT molecular complexity index is 452. The molecule has 0 aliphatic carbocycles. The van der Waals surface area contributed by atoms with Crippen molar-refractivity contribution in [3.05, 3.63) is 35.3 Å². The number of aliphatic hydroxyl groups is 1. The lowest BCUT2D eigenvalue weighted by atomic mass is 10.3. The van der Waals surface area contributed by atoms with Gasteiger partial charge in [-0.25, -0.2) is 4.79 Å². The van der Waals surface area contributed by atoms with Crippen LogP contribution in [-0.2, 0) is 0 Å². The molecule has 104 valence electrons. The zero-order valence-electron chi connectivity index (χ0n) is 10.7. The van der Waals surface area contributed by atoms with Crippen molar-refractivity contribution in [1.82, 2.24) is 4.90 Å². The second-order valence-electron chi connectivity index (χ2n) is 3.73. The van der Waals surface area contributed by atoms with E-state index in [1.165, 1.54) is 12.0 Å². The molecule has 0 aliphatic rings. The lowest BCUT2D eigenvalue weighted by Gasteiger charge is -2.21. The molecule has 0 saturated heterocycles. The lowest BCUT2D eigenvalue weighted by molar-refractivity contribution is 0.195. The number of rotatable bonds is 6. The van der Waals surface area contributed by atoms with E-state index >= 15 is 0 Å². The van der Waals surface area contributed by atoms with E-state index in [0.717, 1.165) is 4.47 Å². The molecule has 6 heteroatoms. The molecular weight excluding hydrogens is 312 g/mol. The van der Waals surface area contributed by atoms with E-state index < -0.39 is 0 Å². The predicted octanol–water partition coefficient (Wildman–Crippen LogP) is 2.47. The van der Waals surface area contributed by atoms with Gasteiger partial charge in [0.25, 0.3) is 0 Å². The zero-order chi connectivity index (χ0) is 14.3. The van der Waals surface area contributed by atoms with E-state index in [0.29, 0.717) is 18.0 Å². The smallest absolute Gasteiger partial charge is 0.322 e. The standard InChI is InChI=1S/C13H17BrN2O3/c1-3-6-16(7-8-17)13(18)15-11-9-10(14)4-5-12(11)19-2/h3-5,9,17H,1,6-8H2,2H3,(H,15,18). The van der Waals surface area contributed by atoms with Gasteiger partial charge in [0.1, 0.15) is 5.75 Å². The predicted molar refractivity (Wildman–Crippen MR) is 78.6 cm³/mol. The Morgan fingerprint density at radius 3 is 2.95 bits per heavy atom. The van der Waals surface area contributed by atoms with E-state index in [1.807, 2.05) is 6.07 Å². The van der Waals surface area contributed by atoms with Crippen LogP contribution in [0.3, 0.4) is 0 Å². The molecule has 0 heterocycles. The number of nitrogens with one attached hydrogen (secondary N) is 1. The summed E-state index contributed by atoms with van der Waals surface area (Å²) < 4.78 is 6.01. The number of carbonyl (C=O) groups is 1. The van der Waals surface area contributed by atoms with Crippen molar-refractivity contribution in [2.24, 2.45) is 0 Å². The van der Waals surface area contributed by atoms with Gasteiger partial charge in [0.05, 0.1) is 19.4 Å². The molecule has 0 unspecified atom stereocenters. The van der Waals surface area contributed by atoms with Crippen molar-refractivity contribution >= 4 is 27.6 Å². The first-order valence-corrected chi connectivity index (χ1v) is 6.53. The van der Waals surface area contributed by atoms with Crippen LogP contribution in [0, 0.1) is 0 Å². The van der Waals surface area contributed by atoms with E-state index in [2.05, 4.69) is 27.8 Å². The van der Waals surface area contributed by atoms with Crippen LogP contribution in [0.1, 0.15) is 0 Å². The Morgan fingerprint density at radius 1 is 1.63 bits per heavy atom. The van der Waals surface area contributed by atoms with Crippen LogP contribution in [-0.4, -0.2) is 42.8 Å². The van der Waals surface area contributed by atoms with Gasteiger partial charge in [-0.2, -0.15) is 0 Å². The number of ether oxygens (including phenoxy) is 1. The third-order valence-electron chi connectivity index (χ3n) is 2.41. The number of carbonyl (C=O) groups excluding carboxylic acids is 1. The summed E-state index contributed by atoms with van der Waals surface area (Å²) in [5, 5.41) is 11.7. The van der Waals surface area contributed by atoms with Crippen molar-refractivity contribution in [3.63, 3.8) is 0 Å². The van der Waals surface area contributed by atoms with Crippen molar-refractivity contribution in [2.75, 3.05) is 32.1 Å². The number of hydrogen-bond donors (Lipinski definition) is 2. The van der Waals surface area contributed by atoms with E-state index in [-0.39, 0.29) is 19.2 Å². The number of nitrogens with zero attached hydrogens (tertiary/aromatic N) is 1. The minimum atomic E-state index is -0.314. The average molecular weight is 329 g/mol. The van der Waals surface area contributed by atoms with Crippen LogP contribution in [0.15, 0.2) is 35.3 Å². The molecule has 1 aromatic rings. The third kappa shape index (κ3) is 4.57. The van der Waals surface area contributed by atoms with Gasteiger partial charge in [0.15, 0.2) is 0 Å². The van der Waals surface area contributed by atoms with Gasteiger partial charge in [-0.1, -0.05) is 22.0 Å². The van der Waals surface area contributed by atoms with Crippen LogP contribution in [0.25, 0.3) is 0 Å². The molecule has 1 aromatic carbocycles. The fraction of sp³-hybridized carbons (Fsp3) is 0.308. The number of hydrogen-bond acceptors (Lipinski definition) is 3. The highest BCUT2D eigenvalue weighted by atomic mass is 79.9. The monoisotopic (exact) mass is 328 g/mol. The number of anilines is 1. The highest BCUT2D eigenvalue weighted by molar-refractivity contribution is 9.10. The molecule has 2 amide bonds. The van der Waals surface area contributed by atoms with Gasteiger partial charge in [-0.15, -0.1) is 6.58 Å². The largest absolute Gasteiger partial charge is 0.495 e. The Labute approximate surface area is 121 Å². The van der Waals surface area contributed by atoms with Gasteiger partial charge in [0.2, 0.25) is 0 Å². The van der Waals surface area contributed by atoms with Gasteiger partial charge in [0, 0.05) is 17.6 Å². The SMILES string of the molecule is C=CCN(CCO)C(=O)Nc1cc(Br)ccc1OC. The molecule has 5 nitrogen and oxygen atoms in total. The number of halogens is 1. The fourth-order valence-corrected chi connectivity index (χ4v) is 1.89. The molecule has 0 atom stereocenters. The second-order valence-corrected chi connectivity index (χ2v) is 4.65. The van der Waals surface area contributed by atoms with Crippen LogP contribution in [0.5, 0.6) is 5.75 Å². The third-order valence-corrected chi connectivity index (χ3v) is 2.90. The van der Waals surface area contributed by atoms with Gasteiger partial charge in [-0.3, -0.25) is 0 Å². The number of urea groups is 1. The summed E-state index contributed by atoms with van der Waals surface area (Å²) in [7, 11) is 1.54. The first-order chi connectivity index (χ1) is 9.12. The van der Waals surface area contributed by atoms with Crippen LogP contribution < -0.4 is 10.1 Å². The van der Waals surface area contributed by atoms with E-state index in [9.17, 15) is 4.79 Å². The molecule has 2 N–H and O–H groups in total. The van der Waals surface area contributed by atoms with Crippen LogP contribution in [0.4, 0.5) is 10.5 Å². The molecule has 0 aliphatic heterocycles. The summed E-state index contributed by atoms with van der Waals surface area (Å²) in [6.45, 7) is 4.09. The number of aliphatic hydroxyl groups excluding tert-OH is 1. The summed E-state index contributed by atoms with van der Waals surface area (Å²) in [6.07, 6.45) is 1.60. The molecule has 0 fully saturated rings. The van der Waals surface area contributed by atoms with E-state index in [4.69, 9.17) is 9.84 Å². The summed E-state index contributed by atoms with van der Waals surface area (Å²) in [4.78, 5) is 13.5. The van der Waals surface area contributed by atoms with Gasteiger partial charge in [-0.05, 0) is 18.2 Å². The number of methoxy groups -OCH3 is 1. The normalized spacial score (nSPS) is 9.84. The maximum atomic E-state index is 12.1. The molecule has 0 radical (unpaired) electrons. The molecule has 0 spiro atoms. The van der Waals surface area contributed by atoms with Crippen molar-refractivity contribution in [2.45, 2.75) is 0 Å². The molecule has 19 heavy (non-hydrogen) atoms. The fourth-order valence-electron chi connectivity index (χ4n) is 1.52. The van der Waals surface area contributed by atoms with Crippen molar-refractivity contribution in [3.8, 4) is 5.75 Å². The van der Waals surface area contributed by atoms with Crippen molar-refractivity contribution in [1.29, 1.82) is 0 Å². The summed E-state index contributed by atoms with van der Waals surface area (Å²) in [5.41, 5.74) is 0.564. The minimum Gasteiger partial charge on any atom is -0.495 e. The summed E-state index contributed by atoms with van der Waals surface area (Å²) in [5.74, 6) is 0.569. The van der Waals surface area contributed by atoms with Crippen LogP contribution >= 0.6 is 15.9 Å². The van der Waals surface area contributed by atoms with Crippen LogP contribution in [0.2, 0.25) is 0 Å². The molecular formula is C13H17BrN2O3. The summed E-state index contributed by atoms with van der Waals surface area (Å²) in [6, 6.07) is 5.01. The molecule has 0 aromatic heterocycles. The second kappa shape index (κ2) is 7.81. The lowest BCUT2D eigenvalue weighted by Crippen LogP contribution is -2.37. The Balaban J connectivity index is 2.84.